The van der Waals surface area contributed by atoms with Crippen LogP contribution in [0.4, 0.5) is 5.69 Å². The summed E-state index contributed by atoms with van der Waals surface area (Å²) in [5.74, 6) is -0.0738. The van der Waals surface area contributed by atoms with Gasteiger partial charge in [-0.15, -0.1) is 0 Å². The van der Waals surface area contributed by atoms with Crippen LogP contribution in [0.5, 0.6) is 5.75 Å². The van der Waals surface area contributed by atoms with Crippen LogP contribution in [0.1, 0.15) is 6.92 Å². The number of benzene rings is 2. The second-order valence-corrected chi connectivity index (χ2v) is 6.64. The fourth-order valence-corrected chi connectivity index (χ4v) is 2.71. The zero-order valence-electron chi connectivity index (χ0n) is 11.7. The van der Waals surface area contributed by atoms with Gasteiger partial charge in [0.2, 0.25) is 0 Å². The summed E-state index contributed by atoms with van der Waals surface area (Å²) in [4.78, 5) is 12.2. The molecule has 122 valence electrons. The van der Waals surface area contributed by atoms with Gasteiger partial charge in [0.25, 0.3) is 5.91 Å². The molecule has 0 bridgehead atoms. The number of rotatable bonds is 4. The molecule has 23 heavy (non-hydrogen) atoms. The van der Waals surface area contributed by atoms with E-state index in [4.69, 9.17) is 62.7 Å². The molecule has 0 aliphatic carbocycles. The van der Waals surface area contributed by atoms with E-state index in [1.54, 1.807) is 19.1 Å². The summed E-state index contributed by atoms with van der Waals surface area (Å²) in [6, 6.07) is 7.64. The van der Waals surface area contributed by atoms with E-state index in [1.165, 1.54) is 18.2 Å². The monoisotopic (exact) mass is 411 g/mol. The van der Waals surface area contributed by atoms with Gasteiger partial charge < -0.3 is 10.1 Å². The van der Waals surface area contributed by atoms with Crippen LogP contribution in [0.25, 0.3) is 0 Å². The molecule has 2 rings (SSSR count). The zero-order valence-corrected chi connectivity index (χ0v) is 15.5. The number of hydrogen-bond acceptors (Lipinski definition) is 2. The average Bonchev–Trinajstić information content (AvgIpc) is 2.47. The Bertz CT molecular complexity index is 751. The van der Waals surface area contributed by atoms with E-state index in [-0.39, 0.29) is 10.0 Å². The molecule has 0 saturated carbocycles. The lowest BCUT2D eigenvalue weighted by Crippen LogP contribution is -2.30. The third-order valence-electron chi connectivity index (χ3n) is 2.83. The van der Waals surface area contributed by atoms with Crippen molar-refractivity contribution in [3.63, 3.8) is 0 Å². The first-order chi connectivity index (χ1) is 10.8. The number of hydrogen-bond donors (Lipinski definition) is 1. The Labute approximate surface area is 158 Å². The Morgan fingerprint density at radius 1 is 0.957 bits per heavy atom. The Morgan fingerprint density at radius 3 is 2.26 bits per heavy atom. The van der Waals surface area contributed by atoms with Crippen molar-refractivity contribution >= 4 is 69.6 Å². The molecule has 8 heteroatoms. The fourth-order valence-electron chi connectivity index (χ4n) is 1.67. The summed E-state index contributed by atoms with van der Waals surface area (Å²) in [6.07, 6.45) is -0.820. The van der Waals surface area contributed by atoms with Gasteiger partial charge in [-0.3, -0.25) is 4.79 Å². The van der Waals surface area contributed by atoms with Gasteiger partial charge in [-0.2, -0.15) is 0 Å². The molecule has 0 aliphatic heterocycles. The molecule has 0 fully saturated rings. The summed E-state index contributed by atoms with van der Waals surface area (Å²) in [7, 11) is 0. The number of halogens is 5. The first-order valence-corrected chi connectivity index (χ1v) is 8.24. The maximum atomic E-state index is 12.2. The van der Waals surface area contributed by atoms with E-state index in [0.717, 1.165) is 0 Å². The van der Waals surface area contributed by atoms with Crippen molar-refractivity contribution < 1.29 is 9.53 Å². The average molecular weight is 414 g/mol. The highest BCUT2D eigenvalue weighted by Gasteiger charge is 2.18. The molecule has 2 aromatic carbocycles. The van der Waals surface area contributed by atoms with Gasteiger partial charge in [-0.1, -0.05) is 58.0 Å². The highest BCUT2D eigenvalue weighted by molar-refractivity contribution is 6.44. The smallest absolute Gasteiger partial charge is 0.265 e. The summed E-state index contributed by atoms with van der Waals surface area (Å²) in [5, 5.41) is 4.25. The topological polar surface area (TPSA) is 38.3 Å². The van der Waals surface area contributed by atoms with Crippen molar-refractivity contribution in [3.8, 4) is 5.75 Å². The van der Waals surface area contributed by atoms with Gasteiger partial charge in [0.15, 0.2) is 6.10 Å². The van der Waals surface area contributed by atoms with Crippen LogP contribution in [0.15, 0.2) is 30.3 Å². The molecule has 3 nitrogen and oxygen atoms in total. The predicted octanol–water partition coefficient (Wildman–Crippen LogP) is 6.36. The molecular formula is C15H10Cl5NO2. The molecule has 2 aromatic rings. The van der Waals surface area contributed by atoms with Gasteiger partial charge >= 0.3 is 0 Å². The SMILES string of the molecule is C[C@@H](Oc1ccc(Cl)cc1Cl)C(=O)Nc1cc(Cl)c(Cl)cc1Cl. The van der Waals surface area contributed by atoms with Crippen molar-refractivity contribution in [2.45, 2.75) is 13.0 Å². The second kappa shape index (κ2) is 7.82. The predicted molar refractivity (Wildman–Crippen MR) is 96.7 cm³/mol. The Balaban J connectivity index is 2.10. The maximum Gasteiger partial charge on any atom is 0.265 e. The largest absolute Gasteiger partial charge is 0.479 e. The highest BCUT2D eigenvalue weighted by Crippen LogP contribution is 2.33. The highest BCUT2D eigenvalue weighted by atomic mass is 35.5. The van der Waals surface area contributed by atoms with Crippen LogP contribution in [0.3, 0.4) is 0 Å². The number of anilines is 1. The Kier molecular flexibility index (Phi) is 6.29. The molecule has 0 unspecified atom stereocenters. The van der Waals surface area contributed by atoms with Crippen LogP contribution in [0.2, 0.25) is 25.1 Å². The van der Waals surface area contributed by atoms with Gasteiger partial charge in [-0.25, -0.2) is 0 Å². The van der Waals surface area contributed by atoms with Gasteiger partial charge in [0, 0.05) is 5.02 Å². The summed E-state index contributed by atoms with van der Waals surface area (Å²) in [6.45, 7) is 1.58. The van der Waals surface area contributed by atoms with Gasteiger partial charge in [0.05, 0.1) is 25.8 Å². The minimum atomic E-state index is -0.820. The third-order valence-corrected chi connectivity index (χ3v) is 4.40. The van der Waals surface area contributed by atoms with Crippen LogP contribution in [-0.2, 0) is 4.79 Å². The van der Waals surface area contributed by atoms with E-state index in [9.17, 15) is 4.79 Å². The first kappa shape index (κ1) is 18.5. The maximum absolute atomic E-state index is 12.2. The quantitative estimate of drug-likeness (QED) is 0.592. The number of amides is 1. The molecule has 0 heterocycles. The number of nitrogens with one attached hydrogen (secondary N) is 1. The standard InChI is InChI=1S/C15H10Cl5NO2/c1-7(23-14-3-2-8(16)4-12(14)20)15(22)21-13-6-10(18)9(17)5-11(13)19/h2-7H,1H3,(H,21,22)/t7-/m1/s1. The van der Waals surface area contributed by atoms with Crippen LogP contribution in [0, 0.1) is 0 Å². The van der Waals surface area contributed by atoms with Crippen molar-refractivity contribution in [2.75, 3.05) is 5.32 Å². The van der Waals surface area contributed by atoms with Gasteiger partial charge in [-0.05, 0) is 37.3 Å². The van der Waals surface area contributed by atoms with E-state index < -0.39 is 12.0 Å². The van der Waals surface area contributed by atoms with E-state index in [0.29, 0.717) is 26.5 Å². The lowest BCUT2D eigenvalue weighted by molar-refractivity contribution is -0.122. The molecular weight excluding hydrogens is 403 g/mol. The molecule has 0 aromatic heterocycles. The Hall–Kier alpha value is -0.840. The molecule has 0 radical (unpaired) electrons. The van der Waals surface area contributed by atoms with E-state index >= 15 is 0 Å². The van der Waals surface area contributed by atoms with E-state index in [2.05, 4.69) is 5.32 Å². The number of carbonyl (C=O) groups is 1. The van der Waals surface area contributed by atoms with Crippen molar-refractivity contribution in [1.29, 1.82) is 0 Å². The summed E-state index contributed by atoms with van der Waals surface area (Å²) < 4.78 is 5.52. The Morgan fingerprint density at radius 2 is 1.61 bits per heavy atom. The van der Waals surface area contributed by atoms with Crippen molar-refractivity contribution in [3.05, 3.63) is 55.4 Å². The van der Waals surface area contributed by atoms with Crippen molar-refractivity contribution in [2.24, 2.45) is 0 Å². The minimum absolute atomic E-state index is 0.268. The molecule has 1 N–H and O–H groups in total. The number of ether oxygens (including phenoxy) is 1. The van der Waals surface area contributed by atoms with E-state index in [1.807, 2.05) is 0 Å². The van der Waals surface area contributed by atoms with Crippen LogP contribution in [-0.4, -0.2) is 12.0 Å². The van der Waals surface area contributed by atoms with Gasteiger partial charge in [0.1, 0.15) is 5.75 Å². The lowest BCUT2D eigenvalue weighted by Gasteiger charge is -2.16. The summed E-state index contributed by atoms with van der Waals surface area (Å²) in [5.41, 5.74) is 0.337. The van der Waals surface area contributed by atoms with Crippen molar-refractivity contribution in [1.82, 2.24) is 0 Å². The number of carbonyl (C=O) groups excluding carboxylic acids is 1. The van der Waals surface area contributed by atoms with Crippen LogP contribution >= 0.6 is 58.0 Å². The zero-order chi connectivity index (χ0) is 17.1. The lowest BCUT2D eigenvalue weighted by atomic mass is 10.3. The molecule has 0 aliphatic rings. The fraction of sp³-hybridized carbons (Fsp3) is 0.133. The van der Waals surface area contributed by atoms with Crippen LogP contribution < -0.4 is 10.1 Å². The molecule has 0 saturated heterocycles. The first-order valence-electron chi connectivity index (χ1n) is 6.35. The molecule has 0 spiro atoms. The second-order valence-electron chi connectivity index (χ2n) is 4.57. The summed E-state index contributed by atoms with van der Waals surface area (Å²) >= 11 is 29.6. The molecule has 1 amide bonds. The third kappa shape index (κ3) is 4.82. The normalized spacial score (nSPS) is 11.9. The molecule has 1 atom stereocenters. The minimum Gasteiger partial charge on any atom is -0.479 e.